The predicted octanol–water partition coefficient (Wildman–Crippen LogP) is -0.680. The number of nitrogens with two attached hydrogens (primary N) is 1. The third-order valence-corrected chi connectivity index (χ3v) is 4.89. The molecule has 1 aromatic rings. The molecule has 0 aliphatic heterocycles. The van der Waals surface area contributed by atoms with Crippen LogP contribution in [-0.2, 0) is 24.0 Å². The molecule has 8 N–H and O–H groups in total. The third-order valence-electron chi connectivity index (χ3n) is 3.75. The normalized spacial score (nSPS) is 12.3. The van der Waals surface area contributed by atoms with E-state index >= 15 is 0 Å². The number of hydrogen-bond acceptors (Lipinski definition) is 8. The quantitative estimate of drug-likeness (QED) is 0.156. The highest BCUT2D eigenvalue weighted by Crippen LogP contribution is 2.31. The lowest BCUT2D eigenvalue weighted by Gasteiger charge is -2.18. The van der Waals surface area contributed by atoms with Crippen LogP contribution in [0.5, 0.6) is 5.75 Å². The van der Waals surface area contributed by atoms with Gasteiger partial charge in [-0.2, -0.15) is 0 Å². The Kier molecular flexibility index (Phi) is 10.3. The van der Waals surface area contributed by atoms with E-state index in [4.69, 9.17) is 15.9 Å². The molecule has 1 rings (SSSR count). The fraction of sp³-hybridized carbons (Fsp3) is 0.389. The summed E-state index contributed by atoms with van der Waals surface area (Å²) < 4.78 is 0. The molecule has 0 bridgehead atoms. The first-order valence-corrected chi connectivity index (χ1v) is 9.98. The Morgan fingerprint density at radius 3 is 2.42 bits per heavy atom. The maximum Gasteiger partial charge on any atom is 0.322 e. The van der Waals surface area contributed by atoms with Gasteiger partial charge in [-0.05, 0) is 24.6 Å². The van der Waals surface area contributed by atoms with Gasteiger partial charge in [0.15, 0.2) is 0 Å². The average molecular weight is 456 g/mol. The molecule has 0 saturated carbocycles. The van der Waals surface area contributed by atoms with E-state index in [0.717, 1.165) is 11.8 Å². The number of aliphatic carboxylic acids is 2. The van der Waals surface area contributed by atoms with Gasteiger partial charge in [-0.1, -0.05) is 0 Å². The molecule has 0 aromatic heterocycles. The number of hydrogen-bond donors (Lipinski definition) is 7. The van der Waals surface area contributed by atoms with E-state index in [1.165, 1.54) is 25.1 Å². The van der Waals surface area contributed by atoms with E-state index in [0.29, 0.717) is 10.6 Å². The standard InChI is InChI=1S/C18H24N4O8S/c1-9(23)21-10-2-4-13(24)14(6-10)31-8-12(17(28)20-7-16(26)27)22-15(25)5-3-11(19)18(29)30/h2,4,6,11-12,24H,3,5,7-8,19H2,1H3,(H,20,28)(H,21,23)(H,22,25)(H,26,27)(H,29,30)/t11-,12-/m0/s1. The number of phenolic OH excluding ortho intramolecular Hbond substituents is 1. The van der Waals surface area contributed by atoms with Gasteiger partial charge in [-0.25, -0.2) is 0 Å². The lowest BCUT2D eigenvalue weighted by molar-refractivity contribution is -0.139. The minimum Gasteiger partial charge on any atom is -0.507 e. The van der Waals surface area contributed by atoms with Crippen LogP contribution in [-0.4, -0.2) is 69.4 Å². The van der Waals surface area contributed by atoms with Crippen molar-refractivity contribution in [2.45, 2.75) is 36.7 Å². The predicted molar refractivity (Wildman–Crippen MR) is 111 cm³/mol. The Bertz CT molecular complexity index is 848. The van der Waals surface area contributed by atoms with Gasteiger partial charge in [-0.3, -0.25) is 24.0 Å². The second-order valence-electron chi connectivity index (χ2n) is 6.39. The molecule has 3 amide bonds. The van der Waals surface area contributed by atoms with E-state index in [1.54, 1.807) is 0 Å². The molecule has 1 aromatic carbocycles. The Hall–Kier alpha value is -3.32. The molecule has 13 heteroatoms. The summed E-state index contributed by atoms with van der Waals surface area (Å²) in [6.45, 7) is 0.650. The fourth-order valence-corrected chi connectivity index (χ4v) is 3.24. The first-order chi connectivity index (χ1) is 14.5. The number of thioether (sulfide) groups is 1. The van der Waals surface area contributed by atoms with Gasteiger partial charge in [0.1, 0.15) is 24.4 Å². The van der Waals surface area contributed by atoms with E-state index in [9.17, 15) is 29.1 Å². The minimum absolute atomic E-state index is 0.0841. The summed E-state index contributed by atoms with van der Waals surface area (Å²) in [4.78, 5) is 57.4. The summed E-state index contributed by atoms with van der Waals surface area (Å²) >= 11 is 0.987. The highest BCUT2D eigenvalue weighted by atomic mass is 32.2. The molecule has 2 atom stereocenters. The van der Waals surface area contributed by atoms with Crippen molar-refractivity contribution < 1.29 is 39.3 Å². The number of rotatable bonds is 12. The molecule has 0 radical (unpaired) electrons. The monoisotopic (exact) mass is 456 g/mol. The van der Waals surface area contributed by atoms with Gasteiger partial charge < -0.3 is 37.0 Å². The van der Waals surface area contributed by atoms with Crippen LogP contribution in [0.1, 0.15) is 19.8 Å². The van der Waals surface area contributed by atoms with Gasteiger partial charge >= 0.3 is 11.9 Å². The van der Waals surface area contributed by atoms with Crippen LogP contribution in [0.25, 0.3) is 0 Å². The molecular weight excluding hydrogens is 432 g/mol. The molecule has 0 aliphatic carbocycles. The van der Waals surface area contributed by atoms with Crippen molar-refractivity contribution in [1.82, 2.24) is 10.6 Å². The Balaban J connectivity index is 2.85. The number of carboxylic acid groups (broad SMARTS) is 2. The van der Waals surface area contributed by atoms with Crippen molar-refractivity contribution in [3.8, 4) is 5.75 Å². The molecule has 12 nitrogen and oxygen atoms in total. The Morgan fingerprint density at radius 2 is 1.84 bits per heavy atom. The molecule has 0 spiro atoms. The number of carbonyl (C=O) groups is 5. The number of amides is 3. The van der Waals surface area contributed by atoms with Crippen molar-refractivity contribution >= 4 is 47.1 Å². The second kappa shape index (κ2) is 12.4. The van der Waals surface area contributed by atoms with Crippen LogP contribution < -0.4 is 21.7 Å². The molecule has 31 heavy (non-hydrogen) atoms. The van der Waals surface area contributed by atoms with Gasteiger partial charge in [0.05, 0.1) is 4.90 Å². The number of nitrogens with one attached hydrogen (secondary N) is 3. The van der Waals surface area contributed by atoms with Crippen LogP contribution in [0, 0.1) is 0 Å². The zero-order chi connectivity index (χ0) is 23.6. The van der Waals surface area contributed by atoms with Gasteiger partial charge in [0.2, 0.25) is 17.7 Å². The van der Waals surface area contributed by atoms with Gasteiger partial charge in [0.25, 0.3) is 0 Å². The second-order valence-corrected chi connectivity index (χ2v) is 7.45. The number of carboxylic acids is 2. The Labute approximate surface area is 181 Å². The van der Waals surface area contributed by atoms with Crippen molar-refractivity contribution in [3.63, 3.8) is 0 Å². The van der Waals surface area contributed by atoms with E-state index in [-0.39, 0.29) is 30.3 Å². The number of anilines is 1. The zero-order valence-corrected chi connectivity index (χ0v) is 17.4. The molecule has 0 heterocycles. The summed E-state index contributed by atoms with van der Waals surface area (Å²) in [5.41, 5.74) is 5.76. The number of phenols is 1. The lowest BCUT2D eigenvalue weighted by Crippen LogP contribution is -2.49. The molecule has 0 unspecified atom stereocenters. The first-order valence-electron chi connectivity index (χ1n) is 9.00. The van der Waals surface area contributed by atoms with Crippen molar-refractivity contribution in [2.75, 3.05) is 17.6 Å². The van der Waals surface area contributed by atoms with Crippen LogP contribution in [0.4, 0.5) is 5.69 Å². The van der Waals surface area contributed by atoms with Gasteiger partial charge in [-0.15, -0.1) is 11.8 Å². The van der Waals surface area contributed by atoms with E-state index in [2.05, 4.69) is 16.0 Å². The summed E-state index contributed by atoms with van der Waals surface area (Å²) in [6, 6.07) is 1.88. The highest BCUT2D eigenvalue weighted by Gasteiger charge is 2.23. The van der Waals surface area contributed by atoms with Crippen molar-refractivity contribution in [2.24, 2.45) is 5.73 Å². The molecule has 0 aliphatic rings. The van der Waals surface area contributed by atoms with Crippen LogP contribution in [0.3, 0.4) is 0 Å². The topological polar surface area (TPSA) is 208 Å². The number of benzene rings is 1. The SMILES string of the molecule is CC(=O)Nc1ccc(O)c(SC[C@H](NC(=O)CC[C@H](N)C(=O)O)C(=O)NCC(=O)O)c1. The smallest absolute Gasteiger partial charge is 0.322 e. The van der Waals surface area contributed by atoms with Crippen molar-refractivity contribution in [3.05, 3.63) is 18.2 Å². The summed E-state index contributed by atoms with van der Waals surface area (Å²) in [7, 11) is 0. The summed E-state index contributed by atoms with van der Waals surface area (Å²) in [5.74, 6) is -4.50. The highest BCUT2D eigenvalue weighted by molar-refractivity contribution is 7.99. The van der Waals surface area contributed by atoms with Crippen LogP contribution >= 0.6 is 11.8 Å². The number of carbonyl (C=O) groups excluding carboxylic acids is 3. The summed E-state index contributed by atoms with van der Waals surface area (Å²) in [6.07, 6.45) is -0.415. The average Bonchev–Trinajstić information content (AvgIpc) is 2.68. The van der Waals surface area contributed by atoms with Crippen molar-refractivity contribution in [1.29, 1.82) is 0 Å². The van der Waals surface area contributed by atoms with E-state index < -0.39 is 42.4 Å². The maximum absolute atomic E-state index is 12.3. The maximum atomic E-state index is 12.3. The third kappa shape index (κ3) is 9.82. The largest absolute Gasteiger partial charge is 0.507 e. The summed E-state index contributed by atoms with van der Waals surface area (Å²) in [5, 5.41) is 34.6. The molecular formula is C18H24N4O8S. The molecule has 0 saturated heterocycles. The van der Waals surface area contributed by atoms with Gasteiger partial charge in [0, 0.05) is 24.8 Å². The number of aromatic hydroxyl groups is 1. The van der Waals surface area contributed by atoms with Crippen LogP contribution in [0.15, 0.2) is 23.1 Å². The molecule has 0 fully saturated rings. The van der Waals surface area contributed by atoms with Crippen LogP contribution in [0.2, 0.25) is 0 Å². The van der Waals surface area contributed by atoms with E-state index in [1.807, 2.05) is 0 Å². The fourth-order valence-electron chi connectivity index (χ4n) is 2.23. The Morgan fingerprint density at radius 1 is 1.16 bits per heavy atom. The molecule has 170 valence electrons. The lowest BCUT2D eigenvalue weighted by atomic mass is 10.1. The first kappa shape index (κ1) is 25.7. The zero-order valence-electron chi connectivity index (χ0n) is 16.6. The minimum atomic E-state index is -1.28.